The van der Waals surface area contributed by atoms with E-state index in [0.29, 0.717) is 11.4 Å². The average Bonchev–Trinajstić information content (AvgIpc) is 2.56. The summed E-state index contributed by atoms with van der Waals surface area (Å²) in [6, 6.07) is 17.0. The standard InChI is InChI=1S/C19H23ClN2O2/c1-14(23)13-22(2)19(24)21-18(15-8-4-3-5-9-15)12-16-10-6-7-11-17(16)20/h3-11,14,18,23H,12-13H2,1-2H3,(H,21,24). The zero-order valence-electron chi connectivity index (χ0n) is 13.9. The number of aliphatic hydroxyl groups excluding tert-OH is 1. The largest absolute Gasteiger partial charge is 0.392 e. The molecule has 2 aromatic rings. The van der Waals surface area contributed by atoms with E-state index < -0.39 is 6.10 Å². The average molecular weight is 347 g/mol. The summed E-state index contributed by atoms with van der Waals surface area (Å²) >= 11 is 6.27. The molecule has 0 spiro atoms. The first-order valence-electron chi connectivity index (χ1n) is 7.95. The first-order chi connectivity index (χ1) is 11.5. The Morgan fingerprint density at radius 1 is 1.17 bits per heavy atom. The van der Waals surface area contributed by atoms with Gasteiger partial charge in [0.15, 0.2) is 0 Å². The van der Waals surface area contributed by atoms with Crippen molar-refractivity contribution in [3.63, 3.8) is 0 Å². The number of nitrogens with one attached hydrogen (secondary N) is 1. The number of carbonyl (C=O) groups excluding carboxylic acids is 1. The summed E-state index contributed by atoms with van der Waals surface area (Å²) in [5.74, 6) is 0. The molecule has 0 heterocycles. The number of aliphatic hydroxyl groups is 1. The molecule has 0 aliphatic heterocycles. The lowest BCUT2D eigenvalue weighted by Gasteiger charge is -2.25. The van der Waals surface area contributed by atoms with Crippen LogP contribution >= 0.6 is 11.6 Å². The Morgan fingerprint density at radius 2 is 1.79 bits per heavy atom. The van der Waals surface area contributed by atoms with Crippen LogP contribution in [0.3, 0.4) is 0 Å². The number of carbonyl (C=O) groups is 1. The minimum atomic E-state index is -0.570. The van der Waals surface area contributed by atoms with E-state index in [2.05, 4.69) is 5.32 Å². The van der Waals surface area contributed by atoms with Crippen molar-refractivity contribution in [1.29, 1.82) is 0 Å². The maximum atomic E-state index is 12.4. The predicted octanol–water partition coefficient (Wildman–Crippen LogP) is 3.65. The Bertz CT molecular complexity index is 661. The van der Waals surface area contributed by atoms with Crippen molar-refractivity contribution in [2.45, 2.75) is 25.5 Å². The molecule has 0 radical (unpaired) electrons. The zero-order chi connectivity index (χ0) is 17.5. The second-order valence-electron chi connectivity index (χ2n) is 5.94. The third-order valence-corrected chi connectivity index (χ3v) is 4.14. The maximum Gasteiger partial charge on any atom is 0.317 e. The molecule has 0 aliphatic rings. The molecule has 2 unspecified atom stereocenters. The van der Waals surface area contributed by atoms with E-state index in [1.165, 1.54) is 4.90 Å². The molecule has 0 aliphatic carbocycles. The predicted molar refractivity (Wildman–Crippen MR) is 97.2 cm³/mol. The molecule has 2 atom stereocenters. The molecule has 2 amide bonds. The molecule has 0 fully saturated rings. The molecule has 2 aromatic carbocycles. The van der Waals surface area contributed by atoms with Crippen LogP contribution in [-0.4, -0.2) is 35.7 Å². The van der Waals surface area contributed by atoms with Gasteiger partial charge in [0.1, 0.15) is 0 Å². The number of hydrogen-bond acceptors (Lipinski definition) is 2. The lowest BCUT2D eigenvalue weighted by molar-refractivity contribution is 0.142. The number of nitrogens with zero attached hydrogens (tertiary/aromatic N) is 1. The number of benzene rings is 2. The Balaban J connectivity index is 2.18. The van der Waals surface area contributed by atoms with Crippen molar-refractivity contribution in [1.82, 2.24) is 10.2 Å². The van der Waals surface area contributed by atoms with Gasteiger partial charge in [-0.1, -0.05) is 60.1 Å². The highest BCUT2D eigenvalue weighted by Gasteiger charge is 2.19. The Morgan fingerprint density at radius 3 is 2.42 bits per heavy atom. The minimum absolute atomic E-state index is 0.199. The quantitative estimate of drug-likeness (QED) is 0.839. The van der Waals surface area contributed by atoms with Gasteiger partial charge in [-0.25, -0.2) is 4.79 Å². The molecule has 0 aromatic heterocycles. The van der Waals surface area contributed by atoms with Crippen LogP contribution in [0.15, 0.2) is 54.6 Å². The number of urea groups is 1. The summed E-state index contributed by atoms with van der Waals surface area (Å²) in [5.41, 5.74) is 1.99. The molecular weight excluding hydrogens is 324 g/mol. The van der Waals surface area contributed by atoms with Gasteiger partial charge in [0.2, 0.25) is 0 Å². The second-order valence-corrected chi connectivity index (χ2v) is 6.35. The first kappa shape index (κ1) is 18.3. The van der Waals surface area contributed by atoms with Gasteiger partial charge in [-0.2, -0.15) is 0 Å². The van der Waals surface area contributed by atoms with Crippen molar-refractivity contribution >= 4 is 17.6 Å². The molecule has 5 heteroatoms. The summed E-state index contributed by atoms with van der Waals surface area (Å²) < 4.78 is 0. The van der Waals surface area contributed by atoms with Crippen molar-refractivity contribution in [3.05, 3.63) is 70.7 Å². The number of hydrogen-bond donors (Lipinski definition) is 2. The molecule has 24 heavy (non-hydrogen) atoms. The first-order valence-corrected chi connectivity index (χ1v) is 8.33. The summed E-state index contributed by atoms with van der Waals surface area (Å²) in [4.78, 5) is 13.9. The fourth-order valence-corrected chi connectivity index (χ4v) is 2.77. The third kappa shape index (κ3) is 5.25. The highest BCUT2D eigenvalue weighted by atomic mass is 35.5. The van der Waals surface area contributed by atoms with Crippen LogP contribution in [0.5, 0.6) is 0 Å². The number of halogens is 1. The van der Waals surface area contributed by atoms with Gasteiger partial charge in [0, 0.05) is 18.6 Å². The van der Waals surface area contributed by atoms with E-state index in [-0.39, 0.29) is 18.6 Å². The number of amides is 2. The van der Waals surface area contributed by atoms with Crippen LogP contribution in [0.25, 0.3) is 0 Å². The molecular formula is C19H23ClN2O2. The second kappa shape index (κ2) is 8.71. The van der Waals surface area contributed by atoms with Crippen LogP contribution in [0.2, 0.25) is 5.02 Å². The fraction of sp³-hybridized carbons (Fsp3) is 0.316. The fourth-order valence-electron chi connectivity index (χ4n) is 2.56. The summed E-state index contributed by atoms with van der Waals surface area (Å²) in [6.45, 7) is 1.93. The highest BCUT2D eigenvalue weighted by Crippen LogP contribution is 2.23. The molecule has 4 nitrogen and oxygen atoms in total. The maximum absolute atomic E-state index is 12.4. The van der Waals surface area contributed by atoms with Crippen LogP contribution in [0.1, 0.15) is 24.1 Å². The van der Waals surface area contributed by atoms with Crippen molar-refractivity contribution in [2.24, 2.45) is 0 Å². The lowest BCUT2D eigenvalue weighted by atomic mass is 9.99. The number of rotatable bonds is 6. The van der Waals surface area contributed by atoms with Crippen LogP contribution < -0.4 is 5.32 Å². The number of likely N-dealkylation sites (N-methyl/N-ethyl adjacent to an activating group) is 1. The lowest BCUT2D eigenvalue weighted by Crippen LogP contribution is -2.42. The van der Waals surface area contributed by atoms with Gasteiger partial charge in [-0.3, -0.25) is 0 Å². The smallest absolute Gasteiger partial charge is 0.317 e. The van der Waals surface area contributed by atoms with Crippen molar-refractivity contribution in [2.75, 3.05) is 13.6 Å². The Hall–Kier alpha value is -2.04. The minimum Gasteiger partial charge on any atom is -0.392 e. The van der Waals surface area contributed by atoms with E-state index in [9.17, 15) is 9.90 Å². The highest BCUT2D eigenvalue weighted by molar-refractivity contribution is 6.31. The summed E-state index contributed by atoms with van der Waals surface area (Å²) in [6.07, 6.45) is 0.0253. The van der Waals surface area contributed by atoms with E-state index in [1.807, 2.05) is 54.6 Å². The molecule has 2 rings (SSSR count). The normalized spacial score (nSPS) is 13.2. The SMILES string of the molecule is CC(O)CN(C)C(=O)NC(Cc1ccccc1Cl)c1ccccc1. The molecule has 2 N–H and O–H groups in total. The van der Waals surface area contributed by atoms with E-state index in [4.69, 9.17) is 11.6 Å². The topological polar surface area (TPSA) is 52.6 Å². The monoisotopic (exact) mass is 346 g/mol. The van der Waals surface area contributed by atoms with Crippen molar-refractivity contribution in [3.8, 4) is 0 Å². The van der Waals surface area contributed by atoms with Gasteiger partial charge in [0.25, 0.3) is 0 Å². The third-order valence-electron chi connectivity index (χ3n) is 3.77. The summed E-state index contributed by atoms with van der Waals surface area (Å²) in [5, 5.41) is 13.2. The molecule has 0 bridgehead atoms. The Labute approximate surface area is 148 Å². The van der Waals surface area contributed by atoms with Gasteiger partial charge in [-0.15, -0.1) is 0 Å². The van der Waals surface area contributed by atoms with E-state index >= 15 is 0 Å². The summed E-state index contributed by atoms with van der Waals surface area (Å²) in [7, 11) is 1.67. The van der Waals surface area contributed by atoms with Gasteiger partial charge in [-0.05, 0) is 30.5 Å². The molecule has 0 saturated carbocycles. The Kier molecular flexibility index (Phi) is 6.64. The zero-order valence-corrected chi connectivity index (χ0v) is 14.7. The van der Waals surface area contributed by atoms with Crippen LogP contribution in [0.4, 0.5) is 4.79 Å². The van der Waals surface area contributed by atoms with E-state index in [0.717, 1.165) is 11.1 Å². The van der Waals surface area contributed by atoms with Crippen LogP contribution in [-0.2, 0) is 6.42 Å². The molecule has 128 valence electrons. The van der Waals surface area contributed by atoms with Crippen molar-refractivity contribution < 1.29 is 9.90 Å². The van der Waals surface area contributed by atoms with Gasteiger partial charge >= 0.3 is 6.03 Å². The van der Waals surface area contributed by atoms with Gasteiger partial charge < -0.3 is 15.3 Å². The van der Waals surface area contributed by atoms with Gasteiger partial charge in [0.05, 0.1) is 12.1 Å². The van der Waals surface area contributed by atoms with Crippen LogP contribution in [0, 0.1) is 0 Å². The molecule has 0 saturated heterocycles. The van der Waals surface area contributed by atoms with E-state index in [1.54, 1.807) is 14.0 Å².